The van der Waals surface area contributed by atoms with Crippen LogP contribution in [0.15, 0.2) is 12.4 Å². The quantitative estimate of drug-likeness (QED) is 0.736. The third kappa shape index (κ3) is 1.77. The van der Waals surface area contributed by atoms with E-state index in [9.17, 15) is 0 Å². The number of imidazole rings is 1. The molecule has 7 heteroatoms. The fraction of sp³-hybridized carbons (Fsp3) is 0.429. The van der Waals surface area contributed by atoms with Crippen molar-refractivity contribution in [1.29, 1.82) is 0 Å². The summed E-state index contributed by atoms with van der Waals surface area (Å²) in [6.07, 6.45) is 3.52. The van der Waals surface area contributed by atoms with Crippen molar-refractivity contribution in [3.63, 3.8) is 0 Å². The molecular weight excluding hydrogens is 268 g/mol. The second kappa shape index (κ2) is 4.11. The van der Waals surface area contributed by atoms with Gasteiger partial charge in [-0.05, 0) is 20.8 Å². The van der Waals surface area contributed by atoms with E-state index in [0.717, 1.165) is 34.8 Å². The summed E-state index contributed by atoms with van der Waals surface area (Å²) in [4.78, 5) is 14.0. The summed E-state index contributed by atoms with van der Waals surface area (Å²) in [6, 6.07) is 0. The second-order valence-corrected chi connectivity index (χ2v) is 5.74. The highest BCUT2D eigenvalue weighted by atomic mass is 16.5. The number of aromatic nitrogens is 6. The summed E-state index contributed by atoms with van der Waals surface area (Å²) >= 11 is 0. The van der Waals surface area contributed by atoms with E-state index in [4.69, 9.17) is 14.7 Å². The lowest BCUT2D eigenvalue weighted by molar-refractivity contribution is -0.0530. The van der Waals surface area contributed by atoms with Crippen LogP contribution in [0.1, 0.15) is 25.4 Å². The van der Waals surface area contributed by atoms with Gasteiger partial charge in [0.05, 0.1) is 24.1 Å². The van der Waals surface area contributed by atoms with Crippen LogP contribution in [0.5, 0.6) is 0 Å². The first-order valence-electron chi connectivity index (χ1n) is 6.95. The highest BCUT2D eigenvalue weighted by Crippen LogP contribution is 2.32. The van der Waals surface area contributed by atoms with Gasteiger partial charge in [0.1, 0.15) is 16.9 Å². The lowest BCUT2D eigenvalue weighted by atomic mass is 10.1. The van der Waals surface area contributed by atoms with E-state index in [1.165, 1.54) is 0 Å². The smallest absolute Gasteiger partial charge is 0.165 e. The number of rotatable bonds is 1. The molecule has 0 amide bonds. The molecule has 0 saturated carbocycles. The Kier molecular flexibility index (Phi) is 2.44. The Morgan fingerprint density at radius 3 is 2.90 bits per heavy atom. The SMILES string of the molecule is Cc1nc(-c2cn[nH]c2)nc2c1nc1n2CCOC1(C)C. The monoisotopic (exact) mass is 284 g/mol. The summed E-state index contributed by atoms with van der Waals surface area (Å²) in [5, 5.41) is 6.75. The van der Waals surface area contributed by atoms with Crippen LogP contribution < -0.4 is 0 Å². The third-order valence-electron chi connectivity index (χ3n) is 3.84. The van der Waals surface area contributed by atoms with Gasteiger partial charge in [-0.2, -0.15) is 5.10 Å². The molecule has 0 fully saturated rings. The largest absolute Gasteiger partial charge is 0.366 e. The molecule has 108 valence electrons. The zero-order chi connectivity index (χ0) is 14.6. The highest BCUT2D eigenvalue weighted by Gasteiger charge is 2.33. The van der Waals surface area contributed by atoms with Crippen molar-refractivity contribution in [3.05, 3.63) is 23.9 Å². The number of aromatic amines is 1. The first kappa shape index (κ1) is 12.5. The van der Waals surface area contributed by atoms with Gasteiger partial charge < -0.3 is 9.30 Å². The number of hydrogen-bond acceptors (Lipinski definition) is 5. The molecular formula is C14H16N6O. The van der Waals surface area contributed by atoms with Gasteiger partial charge in [0.15, 0.2) is 11.5 Å². The van der Waals surface area contributed by atoms with Crippen molar-refractivity contribution >= 4 is 11.2 Å². The van der Waals surface area contributed by atoms with E-state index < -0.39 is 5.60 Å². The predicted octanol–water partition coefficient (Wildman–Crippen LogP) is 1.79. The topological polar surface area (TPSA) is 81.5 Å². The lowest BCUT2D eigenvalue weighted by Crippen LogP contribution is -2.33. The Morgan fingerprint density at radius 2 is 2.14 bits per heavy atom. The molecule has 1 N–H and O–H groups in total. The summed E-state index contributed by atoms with van der Waals surface area (Å²) in [6.45, 7) is 7.44. The number of nitrogens with zero attached hydrogens (tertiary/aromatic N) is 5. The summed E-state index contributed by atoms with van der Waals surface area (Å²) < 4.78 is 7.95. The summed E-state index contributed by atoms with van der Waals surface area (Å²) in [7, 11) is 0. The Morgan fingerprint density at radius 1 is 1.29 bits per heavy atom. The van der Waals surface area contributed by atoms with Crippen LogP contribution in [0.4, 0.5) is 0 Å². The van der Waals surface area contributed by atoms with Gasteiger partial charge in [0.2, 0.25) is 0 Å². The van der Waals surface area contributed by atoms with Gasteiger partial charge in [-0.3, -0.25) is 5.10 Å². The van der Waals surface area contributed by atoms with Gasteiger partial charge in [-0.1, -0.05) is 0 Å². The van der Waals surface area contributed by atoms with E-state index >= 15 is 0 Å². The molecule has 1 aliphatic rings. The molecule has 21 heavy (non-hydrogen) atoms. The van der Waals surface area contributed by atoms with E-state index in [0.29, 0.717) is 12.4 Å². The molecule has 1 aliphatic heterocycles. The number of nitrogens with one attached hydrogen (secondary N) is 1. The normalized spacial score (nSPS) is 17.1. The standard InChI is InChI=1S/C14H16N6O/c1-8-10-12(19-11(17-8)9-6-15-16-7-9)20-4-5-21-14(2,3)13(20)18-10/h6-7H,4-5H2,1-3H3,(H,15,16). The van der Waals surface area contributed by atoms with Gasteiger partial charge in [-0.15, -0.1) is 0 Å². The van der Waals surface area contributed by atoms with Gasteiger partial charge in [-0.25, -0.2) is 15.0 Å². The Labute approximate surface area is 121 Å². The van der Waals surface area contributed by atoms with Gasteiger partial charge in [0, 0.05) is 12.7 Å². The summed E-state index contributed by atoms with van der Waals surface area (Å²) in [5.41, 5.74) is 3.05. The Bertz CT molecular complexity index is 818. The van der Waals surface area contributed by atoms with Crippen molar-refractivity contribution in [1.82, 2.24) is 29.7 Å². The zero-order valence-corrected chi connectivity index (χ0v) is 12.2. The van der Waals surface area contributed by atoms with E-state index in [1.807, 2.05) is 20.8 Å². The van der Waals surface area contributed by atoms with Crippen LogP contribution in [0.3, 0.4) is 0 Å². The Balaban J connectivity index is 2.01. The van der Waals surface area contributed by atoms with Gasteiger partial charge >= 0.3 is 0 Å². The average molecular weight is 284 g/mol. The fourth-order valence-electron chi connectivity index (χ4n) is 2.77. The van der Waals surface area contributed by atoms with Crippen molar-refractivity contribution in [3.8, 4) is 11.4 Å². The van der Waals surface area contributed by atoms with E-state index in [1.54, 1.807) is 12.4 Å². The zero-order valence-electron chi connectivity index (χ0n) is 12.2. The molecule has 3 aromatic rings. The maximum Gasteiger partial charge on any atom is 0.165 e. The molecule has 0 unspecified atom stereocenters. The molecule has 0 bridgehead atoms. The molecule has 0 saturated heterocycles. The number of H-pyrrole nitrogens is 1. The van der Waals surface area contributed by atoms with Gasteiger partial charge in [0.25, 0.3) is 0 Å². The van der Waals surface area contributed by atoms with Crippen molar-refractivity contribution in [2.24, 2.45) is 0 Å². The highest BCUT2D eigenvalue weighted by molar-refractivity contribution is 5.77. The molecule has 0 aliphatic carbocycles. The molecule has 3 aromatic heterocycles. The molecule has 0 aromatic carbocycles. The van der Waals surface area contributed by atoms with E-state index in [2.05, 4.69) is 19.7 Å². The molecule has 4 heterocycles. The molecule has 0 radical (unpaired) electrons. The third-order valence-corrected chi connectivity index (χ3v) is 3.84. The Hall–Kier alpha value is -2.28. The number of ether oxygens (including phenoxy) is 1. The van der Waals surface area contributed by atoms with Crippen LogP contribution >= 0.6 is 0 Å². The van der Waals surface area contributed by atoms with Crippen molar-refractivity contribution in [2.45, 2.75) is 32.9 Å². The van der Waals surface area contributed by atoms with Crippen LogP contribution in [-0.4, -0.2) is 36.3 Å². The predicted molar refractivity (Wildman–Crippen MR) is 76.6 cm³/mol. The minimum absolute atomic E-state index is 0.402. The van der Waals surface area contributed by atoms with Crippen molar-refractivity contribution in [2.75, 3.05) is 6.61 Å². The lowest BCUT2D eigenvalue weighted by Gasteiger charge is -2.30. The molecule has 4 rings (SSSR count). The van der Waals surface area contributed by atoms with Crippen molar-refractivity contribution < 1.29 is 4.74 Å². The maximum atomic E-state index is 5.82. The van der Waals surface area contributed by atoms with Crippen LogP contribution in [0.2, 0.25) is 0 Å². The molecule has 0 atom stereocenters. The molecule has 0 spiro atoms. The minimum atomic E-state index is -0.402. The van der Waals surface area contributed by atoms with Crippen LogP contribution in [0, 0.1) is 6.92 Å². The number of aryl methyl sites for hydroxylation is 1. The molecule has 7 nitrogen and oxygen atoms in total. The van der Waals surface area contributed by atoms with Crippen LogP contribution in [0.25, 0.3) is 22.6 Å². The number of hydrogen-bond donors (Lipinski definition) is 1. The second-order valence-electron chi connectivity index (χ2n) is 5.74. The summed E-state index contributed by atoms with van der Waals surface area (Å²) in [5.74, 6) is 1.58. The fourth-order valence-corrected chi connectivity index (χ4v) is 2.77. The number of fused-ring (bicyclic) bond motifs is 3. The average Bonchev–Trinajstić information content (AvgIpc) is 3.06. The first-order chi connectivity index (χ1) is 10.1. The minimum Gasteiger partial charge on any atom is -0.366 e. The van der Waals surface area contributed by atoms with E-state index in [-0.39, 0.29) is 0 Å². The van der Waals surface area contributed by atoms with Crippen LogP contribution in [-0.2, 0) is 16.9 Å². The maximum absolute atomic E-state index is 5.82. The first-order valence-corrected chi connectivity index (χ1v) is 6.95.